The predicted octanol–water partition coefficient (Wildman–Crippen LogP) is 1.85. The summed E-state index contributed by atoms with van der Waals surface area (Å²) in [4.78, 5) is 25.7. The summed E-state index contributed by atoms with van der Waals surface area (Å²) in [6.07, 6.45) is 6.82. The highest BCUT2D eigenvalue weighted by Crippen LogP contribution is 2.24. The Morgan fingerprint density at radius 2 is 2.12 bits per heavy atom. The summed E-state index contributed by atoms with van der Waals surface area (Å²) < 4.78 is 3.15. The molecule has 1 N–H and O–H groups in total. The maximum Gasteiger partial charge on any atom is 0.278 e. The Bertz CT molecular complexity index is 1080. The topological polar surface area (TPSA) is 93.8 Å². The van der Waals surface area contributed by atoms with Crippen LogP contribution in [-0.4, -0.2) is 34.3 Å². The molecule has 4 aromatic heterocycles. The van der Waals surface area contributed by atoms with Gasteiger partial charge in [0.2, 0.25) is 0 Å². The molecule has 4 aromatic rings. The van der Waals surface area contributed by atoms with Crippen molar-refractivity contribution in [2.24, 2.45) is 0 Å². The van der Waals surface area contributed by atoms with Crippen molar-refractivity contribution < 1.29 is 0 Å². The first-order valence-corrected chi connectivity index (χ1v) is 8.02. The lowest BCUT2D eigenvalue weighted by Crippen LogP contribution is -2.22. The molecule has 4 heterocycles. The minimum Gasteiger partial charge on any atom is -0.278 e. The van der Waals surface area contributed by atoms with Crippen LogP contribution < -0.4 is 5.56 Å². The normalized spacial score (nSPS) is 11.5. The number of aromatic nitrogens is 7. The molecule has 0 radical (unpaired) electrons. The predicted molar refractivity (Wildman–Crippen MR) is 92.3 cm³/mol. The lowest BCUT2D eigenvalue weighted by Gasteiger charge is -2.09. The minimum absolute atomic E-state index is 0.0225. The second kappa shape index (κ2) is 5.97. The molecule has 0 saturated heterocycles. The van der Waals surface area contributed by atoms with Crippen molar-refractivity contribution in [1.29, 1.82) is 0 Å². The van der Waals surface area contributed by atoms with E-state index in [2.05, 4.69) is 25.1 Å². The van der Waals surface area contributed by atoms with Gasteiger partial charge < -0.3 is 0 Å². The van der Waals surface area contributed by atoms with E-state index in [1.54, 1.807) is 17.1 Å². The fourth-order valence-electron chi connectivity index (χ4n) is 2.84. The zero-order valence-corrected chi connectivity index (χ0v) is 13.9. The average Bonchev–Trinajstić information content (AvgIpc) is 3.24. The first-order chi connectivity index (χ1) is 12.1. The van der Waals surface area contributed by atoms with Crippen molar-refractivity contribution in [1.82, 2.24) is 34.3 Å². The summed E-state index contributed by atoms with van der Waals surface area (Å²) in [5.74, 6) is 0.371. The zero-order chi connectivity index (χ0) is 17.4. The third-order valence-corrected chi connectivity index (χ3v) is 4.00. The van der Waals surface area contributed by atoms with E-state index in [9.17, 15) is 4.79 Å². The second-order valence-electron chi connectivity index (χ2n) is 6.10. The van der Waals surface area contributed by atoms with Gasteiger partial charge in [0, 0.05) is 23.5 Å². The van der Waals surface area contributed by atoms with Crippen molar-refractivity contribution in [3.8, 4) is 11.3 Å². The van der Waals surface area contributed by atoms with Crippen LogP contribution in [0.1, 0.15) is 31.0 Å². The minimum atomic E-state index is -0.134. The van der Waals surface area contributed by atoms with Crippen LogP contribution in [0.4, 0.5) is 0 Å². The monoisotopic (exact) mass is 335 g/mol. The van der Waals surface area contributed by atoms with Gasteiger partial charge in [-0.15, -0.1) is 0 Å². The number of fused-ring (bicyclic) bond motifs is 1. The van der Waals surface area contributed by atoms with Crippen LogP contribution in [0, 0.1) is 0 Å². The molecule has 0 aliphatic rings. The Morgan fingerprint density at radius 3 is 2.88 bits per heavy atom. The van der Waals surface area contributed by atoms with Gasteiger partial charge >= 0.3 is 0 Å². The van der Waals surface area contributed by atoms with Gasteiger partial charge in [-0.05, 0) is 18.1 Å². The highest BCUT2D eigenvalue weighted by Gasteiger charge is 2.19. The summed E-state index contributed by atoms with van der Waals surface area (Å²) in [5.41, 5.74) is 2.84. The van der Waals surface area contributed by atoms with Crippen LogP contribution in [0.3, 0.4) is 0 Å². The highest BCUT2D eigenvalue weighted by molar-refractivity contribution is 5.63. The largest absolute Gasteiger partial charge is 0.278 e. The lowest BCUT2D eigenvalue weighted by molar-refractivity contribution is 0.673. The highest BCUT2D eigenvalue weighted by atomic mass is 16.1. The van der Waals surface area contributed by atoms with Gasteiger partial charge in [0.25, 0.3) is 11.3 Å². The Labute approximate surface area is 143 Å². The molecule has 0 unspecified atom stereocenters. The van der Waals surface area contributed by atoms with Crippen LogP contribution >= 0.6 is 0 Å². The van der Waals surface area contributed by atoms with Gasteiger partial charge in [0.1, 0.15) is 6.33 Å². The fourth-order valence-corrected chi connectivity index (χ4v) is 2.84. The van der Waals surface area contributed by atoms with E-state index >= 15 is 0 Å². The molecule has 4 rings (SSSR count). The molecule has 0 aliphatic carbocycles. The molecular formula is C17H17N7O. The lowest BCUT2D eigenvalue weighted by atomic mass is 10.0. The van der Waals surface area contributed by atoms with Gasteiger partial charge in [-0.25, -0.2) is 9.97 Å². The Morgan fingerprint density at radius 1 is 1.24 bits per heavy atom. The number of aromatic amines is 1. The van der Waals surface area contributed by atoms with E-state index < -0.39 is 0 Å². The van der Waals surface area contributed by atoms with Crippen LogP contribution in [0.2, 0.25) is 0 Å². The average molecular weight is 335 g/mol. The molecule has 0 amide bonds. The van der Waals surface area contributed by atoms with Gasteiger partial charge in [0.15, 0.2) is 0 Å². The molecule has 8 nitrogen and oxygen atoms in total. The molecule has 126 valence electrons. The number of pyridine rings is 1. The van der Waals surface area contributed by atoms with E-state index in [4.69, 9.17) is 0 Å². The first-order valence-electron chi connectivity index (χ1n) is 8.02. The Kier molecular flexibility index (Phi) is 3.64. The van der Waals surface area contributed by atoms with Gasteiger partial charge in [-0.2, -0.15) is 9.61 Å². The number of nitrogens with zero attached hydrogens (tertiary/aromatic N) is 6. The first kappa shape index (κ1) is 15.3. The van der Waals surface area contributed by atoms with E-state index in [1.807, 2.05) is 38.2 Å². The molecule has 0 aromatic carbocycles. The van der Waals surface area contributed by atoms with Crippen molar-refractivity contribution in [3.05, 3.63) is 64.7 Å². The maximum atomic E-state index is 12.7. The summed E-state index contributed by atoms with van der Waals surface area (Å²) in [5, 5.41) is 7.19. The molecule has 0 saturated carbocycles. The molecule has 25 heavy (non-hydrogen) atoms. The Balaban J connectivity index is 1.79. The smallest absolute Gasteiger partial charge is 0.278 e. The fraction of sp³-hybridized carbons (Fsp3) is 0.235. The van der Waals surface area contributed by atoms with Crippen LogP contribution in [0.5, 0.6) is 0 Å². The van der Waals surface area contributed by atoms with Gasteiger partial charge in [-0.1, -0.05) is 19.9 Å². The maximum absolute atomic E-state index is 12.7. The van der Waals surface area contributed by atoms with E-state index in [-0.39, 0.29) is 11.5 Å². The van der Waals surface area contributed by atoms with Crippen molar-refractivity contribution in [2.45, 2.75) is 26.3 Å². The third-order valence-electron chi connectivity index (χ3n) is 4.00. The molecule has 8 heteroatoms. The van der Waals surface area contributed by atoms with Crippen LogP contribution in [0.15, 0.2) is 47.9 Å². The van der Waals surface area contributed by atoms with Crippen molar-refractivity contribution in [2.75, 3.05) is 0 Å². The molecule has 0 spiro atoms. The second-order valence-corrected chi connectivity index (χ2v) is 6.10. The number of rotatable bonds is 4. The quantitative estimate of drug-likeness (QED) is 0.614. The van der Waals surface area contributed by atoms with E-state index in [0.29, 0.717) is 23.6 Å². The van der Waals surface area contributed by atoms with Gasteiger partial charge in [0.05, 0.1) is 24.1 Å². The molecule has 0 fully saturated rings. The summed E-state index contributed by atoms with van der Waals surface area (Å²) in [6, 6.07) is 5.77. The molecule has 0 bridgehead atoms. The van der Waals surface area contributed by atoms with Crippen LogP contribution in [0.25, 0.3) is 17.0 Å². The van der Waals surface area contributed by atoms with Crippen LogP contribution in [-0.2, 0) is 6.54 Å². The summed E-state index contributed by atoms with van der Waals surface area (Å²) in [7, 11) is 0. The molecular weight excluding hydrogens is 318 g/mol. The number of nitrogens with one attached hydrogen (secondary N) is 1. The zero-order valence-electron chi connectivity index (χ0n) is 13.9. The van der Waals surface area contributed by atoms with Crippen molar-refractivity contribution >= 4 is 5.78 Å². The standard InChI is InChI=1S/C17H17N7O/c1-11(2)14-15(22-17-19-10-21-24(17)16(14)25)12-7-20-23(8-12)9-13-5-3-4-6-18-13/h3-8,10-11H,9H2,1-2H3,(H,19,21,22). The summed E-state index contributed by atoms with van der Waals surface area (Å²) in [6.45, 7) is 4.51. The SMILES string of the molecule is CC(C)c1c(-c2cnn(Cc3ccccn3)c2)nc2nc[nH]n2c1=O. The van der Waals surface area contributed by atoms with E-state index in [1.165, 1.54) is 10.8 Å². The van der Waals surface area contributed by atoms with Gasteiger partial charge in [-0.3, -0.25) is 19.6 Å². The van der Waals surface area contributed by atoms with Crippen molar-refractivity contribution in [3.63, 3.8) is 0 Å². The van der Waals surface area contributed by atoms with E-state index in [0.717, 1.165) is 11.3 Å². The third kappa shape index (κ3) is 2.71. The number of hydrogen-bond donors (Lipinski definition) is 1. The number of hydrogen-bond acceptors (Lipinski definition) is 5. The summed E-state index contributed by atoms with van der Waals surface area (Å²) >= 11 is 0. The Hall–Kier alpha value is -3.29. The molecule has 0 aliphatic heterocycles. The number of H-pyrrole nitrogens is 1. The molecule has 0 atom stereocenters.